The molecule has 0 aromatic carbocycles. The Balaban J connectivity index is 2.27. The van der Waals surface area contributed by atoms with Crippen molar-refractivity contribution in [3.8, 4) is 10.6 Å². The van der Waals surface area contributed by atoms with Crippen molar-refractivity contribution in [2.45, 2.75) is 20.8 Å². The lowest BCUT2D eigenvalue weighted by molar-refractivity contribution is -0.121. The summed E-state index contributed by atoms with van der Waals surface area (Å²) < 4.78 is 0. The average molecular weight is 276 g/mol. The second-order valence-electron chi connectivity index (χ2n) is 4.36. The molecule has 0 spiro atoms. The van der Waals surface area contributed by atoms with E-state index in [0.717, 1.165) is 10.6 Å². The maximum atomic E-state index is 12.1. The molecule has 0 saturated carbocycles. The molecule has 0 N–H and O–H groups in total. The topological polar surface area (TPSA) is 59.0 Å². The third-order valence-electron chi connectivity index (χ3n) is 2.65. The zero-order valence-corrected chi connectivity index (χ0v) is 12.0. The molecule has 0 bridgehead atoms. The predicted molar refractivity (Wildman–Crippen MR) is 76.0 cm³/mol. The molecule has 0 aliphatic rings. The van der Waals surface area contributed by atoms with Crippen LogP contribution < -0.4 is 4.90 Å². The number of carbonyl (C=O) groups excluding carboxylic acids is 1. The molecule has 0 saturated heterocycles. The number of anilines is 1. The van der Waals surface area contributed by atoms with Crippen molar-refractivity contribution in [3.05, 3.63) is 24.5 Å². The minimum atomic E-state index is -0.0479. The highest BCUT2D eigenvalue weighted by atomic mass is 32.1. The van der Waals surface area contributed by atoms with Crippen LogP contribution in [0.3, 0.4) is 0 Å². The summed E-state index contributed by atoms with van der Waals surface area (Å²) in [5.41, 5.74) is 0.965. The van der Waals surface area contributed by atoms with Gasteiger partial charge < -0.3 is 0 Å². The van der Waals surface area contributed by atoms with Gasteiger partial charge in [0.2, 0.25) is 11.0 Å². The van der Waals surface area contributed by atoms with E-state index in [1.54, 1.807) is 17.3 Å². The van der Waals surface area contributed by atoms with E-state index in [1.165, 1.54) is 11.3 Å². The molecule has 2 heterocycles. The van der Waals surface area contributed by atoms with Gasteiger partial charge in [0, 0.05) is 30.4 Å². The van der Waals surface area contributed by atoms with Crippen LogP contribution in [0, 0.1) is 5.92 Å². The van der Waals surface area contributed by atoms with Gasteiger partial charge in [-0.15, -0.1) is 10.2 Å². The van der Waals surface area contributed by atoms with Crippen LogP contribution >= 0.6 is 11.3 Å². The van der Waals surface area contributed by atoms with E-state index in [9.17, 15) is 4.79 Å². The minimum Gasteiger partial charge on any atom is -0.287 e. The van der Waals surface area contributed by atoms with E-state index in [2.05, 4.69) is 15.2 Å². The fourth-order valence-corrected chi connectivity index (χ4v) is 2.55. The van der Waals surface area contributed by atoms with Crippen molar-refractivity contribution in [2.75, 3.05) is 11.4 Å². The van der Waals surface area contributed by atoms with Crippen LogP contribution in [0.1, 0.15) is 20.8 Å². The lowest BCUT2D eigenvalue weighted by Gasteiger charge is -2.18. The zero-order valence-electron chi connectivity index (χ0n) is 11.2. The minimum absolute atomic E-state index is 0.0479. The summed E-state index contributed by atoms with van der Waals surface area (Å²) in [6, 6.07) is 3.76. The number of nitrogens with zero attached hydrogens (tertiary/aromatic N) is 4. The maximum absolute atomic E-state index is 12.1. The van der Waals surface area contributed by atoms with Gasteiger partial charge >= 0.3 is 0 Å². The molecule has 2 aromatic heterocycles. The maximum Gasteiger partial charge on any atom is 0.231 e. The van der Waals surface area contributed by atoms with Crippen LogP contribution in [-0.4, -0.2) is 27.6 Å². The fraction of sp³-hybridized carbons (Fsp3) is 0.385. The van der Waals surface area contributed by atoms with Gasteiger partial charge in [-0.2, -0.15) is 0 Å². The van der Waals surface area contributed by atoms with Crippen molar-refractivity contribution in [1.29, 1.82) is 0 Å². The Morgan fingerprint density at radius 3 is 2.58 bits per heavy atom. The Bertz CT molecular complexity index is 553. The van der Waals surface area contributed by atoms with Crippen LogP contribution in [0.15, 0.2) is 24.5 Å². The predicted octanol–water partition coefficient (Wildman–Crippen LogP) is 2.61. The lowest BCUT2D eigenvalue weighted by Crippen LogP contribution is -2.33. The number of pyridine rings is 1. The molecule has 19 heavy (non-hydrogen) atoms. The molecular formula is C13H16N4OS. The monoisotopic (exact) mass is 276 g/mol. The van der Waals surface area contributed by atoms with Gasteiger partial charge in [0.15, 0.2) is 0 Å². The van der Waals surface area contributed by atoms with Crippen LogP contribution in [0.5, 0.6) is 0 Å². The summed E-state index contributed by atoms with van der Waals surface area (Å²) in [5, 5.41) is 9.71. The van der Waals surface area contributed by atoms with Gasteiger partial charge in [-0.05, 0) is 19.1 Å². The third-order valence-corrected chi connectivity index (χ3v) is 3.64. The van der Waals surface area contributed by atoms with E-state index in [1.807, 2.05) is 32.9 Å². The van der Waals surface area contributed by atoms with Crippen molar-refractivity contribution in [2.24, 2.45) is 5.92 Å². The van der Waals surface area contributed by atoms with Crippen molar-refractivity contribution in [1.82, 2.24) is 15.2 Å². The molecule has 0 radical (unpaired) electrons. The average Bonchev–Trinajstić information content (AvgIpc) is 2.90. The highest BCUT2D eigenvalue weighted by molar-refractivity contribution is 7.18. The highest BCUT2D eigenvalue weighted by Gasteiger charge is 2.21. The quantitative estimate of drug-likeness (QED) is 0.861. The first-order chi connectivity index (χ1) is 9.13. The summed E-state index contributed by atoms with van der Waals surface area (Å²) in [6.07, 6.45) is 3.43. The number of aromatic nitrogens is 3. The molecule has 0 aliphatic heterocycles. The molecule has 0 fully saturated rings. The van der Waals surface area contributed by atoms with Gasteiger partial charge in [-0.1, -0.05) is 25.2 Å². The number of amides is 1. The van der Waals surface area contributed by atoms with E-state index < -0.39 is 0 Å². The Morgan fingerprint density at radius 1 is 1.32 bits per heavy atom. The van der Waals surface area contributed by atoms with Crippen molar-refractivity contribution >= 4 is 22.4 Å². The third kappa shape index (κ3) is 2.96. The Kier molecular flexibility index (Phi) is 4.21. The van der Waals surface area contributed by atoms with Crippen LogP contribution in [0.4, 0.5) is 5.13 Å². The van der Waals surface area contributed by atoms with Crippen LogP contribution in [0.2, 0.25) is 0 Å². The lowest BCUT2D eigenvalue weighted by atomic mass is 10.2. The normalized spacial score (nSPS) is 10.7. The Morgan fingerprint density at radius 2 is 2.00 bits per heavy atom. The van der Waals surface area contributed by atoms with E-state index in [0.29, 0.717) is 11.7 Å². The van der Waals surface area contributed by atoms with Gasteiger partial charge in [-0.25, -0.2) is 0 Å². The van der Waals surface area contributed by atoms with Gasteiger partial charge in [0.25, 0.3) is 0 Å². The largest absolute Gasteiger partial charge is 0.287 e. The number of rotatable bonds is 4. The van der Waals surface area contributed by atoms with E-state index in [4.69, 9.17) is 0 Å². The number of hydrogen-bond acceptors (Lipinski definition) is 5. The molecule has 100 valence electrons. The van der Waals surface area contributed by atoms with Gasteiger partial charge in [0.05, 0.1) is 0 Å². The van der Waals surface area contributed by atoms with Crippen molar-refractivity contribution < 1.29 is 4.79 Å². The zero-order chi connectivity index (χ0) is 13.8. The molecule has 0 aliphatic carbocycles. The summed E-state index contributed by atoms with van der Waals surface area (Å²) in [5.74, 6) is 0.0214. The molecular weight excluding hydrogens is 260 g/mol. The first-order valence-corrected chi connectivity index (χ1v) is 7.00. The molecule has 2 aromatic rings. The Hall–Kier alpha value is -1.82. The standard InChI is InChI=1S/C13H16N4OS/c1-4-17(12(18)9(2)3)13-16-15-11(19-13)10-5-7-14-8-6-10/h5-9H,4H2,1-3H3. The van der Waals surface area contributed by atoms with Crippen LogP contribution in [-0.2, 0) is 4.79 Å². The van der Waals surface area contributed by atoms with Gasteiger partial charge in [0.1, 0.15) is 5.01 Å². The second kappa shape index (κ2) is 5.88. The molecule has 2 rings (SSSR count). The van der Waals surface area contributed by atoms with E-state index >= 15 is 0 Å². The summed E-state index contributed by atoms with van der Waals surface area (Å²) in [7, 11) is 0. The molecule has 0 atom stereocenters. The molecule has 0 unspecified atom stereocenters. The van der Waals surface area contributed by atoms with Crippen LogP contribution in [0.25, 0.3) is 10.6 Å². The SMILES string of the molecule is CCN(C(=O)C(C)C)c1nnc(-c2ccncc2)s1. The highest BCUT2D eigenvalue weighted by Crippen LogP contribution is 2.28. The summed E-state index contributed by atoms with van der Waals surface area (Å²) in [6.45, 7) is 6.31. The second-order valence-corrected chi connectivity index (χ2v) is 5.32. The first kappa shape index (κ1) is 13.6. The fourth-order valence-electron chi connectivity index (χ4n) is 1.63. The summed E-state index contributed by atoms with van der Waals surface area (Å²) >= 11 is 1.42. The molecule has 5 nitrogen and oxygen atoms in total. The number of hydrogen-bond donors (Lipinski definition) is 0. The first-order valence-electron chi connectivity index (χ1n) is 6.18. The Labute approximate surface area is 116 Å². The van der Waals surface area contributed by atoms with Gasteiger partial charge in [-0.3, -0.25) is 14.7 Å². The van der Waals surface area contributed by atoms with Crippen molar-refractivity contribution in [3.63, 3.8) is 0 Å². The van der Waals surface area contributed by atoms with E-state index in [-0.39, 0.29) is 11.8 Å². The molecule has 1 amide bonds. The molecule has 6 heteroatoms. The summed E-state index contributed by atoms with van der Waals surface area (Å²) in [4.78, 5) is 17.7. The smallest absolute Gasteiger partial charge is 0.231 e. The number of carbonyl (C=O) groups is 1.